The molecule has 1 aromatic heterocycles. The molecule has 0 aliphatic heterocycles. The number of pyridine rings is 1. The fourth-order valence-corrected chi connectivity index (χ4v) is 2.24. The Kier molecular flexibility index (Phi) is 3.86. The van der Waals surface area contributed by atoms with Crippen molar-refractivity contribution in [3.05, 3.63) is 39.1 Å². The highest BCUT2D eigenvalue weighted by Crippen LogP contribution is 2.32. The molecule has 0 aliphatic carbocycles. The molecule has 0 spiro atoms. The van der Waals surface area contributed by atoms with Gasteiger partial charge in [-0.2, -0.15) is 0 Å². The fraction of sp³-hybridized carbons (Fsp3) is 0.154. The molecule has 0 fully saturated rings. The molecule has 110 valence electrons. The van der Waals surface area contributed by atoms with E-state index in [1.807, 2.05) is 5.32 Å². The Morgan fingerprint density at radius 1 is 1.38 bits per heavy atom. The van der Waals surface area contributed by atoms with Crippen LogP contribution < -0.4 is 10.9 Å². The lowest BCUT2D eigenvalue weighted by Gasteiger charge is -2.12. The molecule has 0 bridgehead atoms. The van der Waals surface area contributed by atoms with Crippen LogP contribution in [0.5, 0.6) is 5.75 Å². The van der Waals surface area contributed by atoms with Crippen LogP contribution in [0.4, 0.5) is 0 Å². The minimum Gasteiger partial charge on any atom is -0.506 e. The standard InChI is InChI=1S/C13H11ClN2O5/c1-16-7-4-2-3-6(14)9(7)11(19)10(13(16)21)12(20)15-5-8(17)18/h2-4,19H,5H2,1H3,(H,15,20)(H,17,18). The minimum atomic E-state index is -1.27. The average Bonchev–Trinajstić information content (AvgIpc) is 2.42. The topological polar surface area (TPSA) is 109 Å². The fourth-order valence-electron chi connectivity index (χ4n) is 1.98. The van der Waals surface area contributed by atoms with Gasteiger partial charge in [0.15, 0.2) is 0 Å². The molecule has 21 heavy (non-hydrogen) atoms. The summed E-state index contributed by atoms with van der Waals surface area (Å²) in [5, 5.41) is 21.1. The number of nitrogens with one attached hydrogen (secondary N) is 1. The monoisotopic (exact) mass is 310 g/mol. The van der Waals surface area contributed by atoms with Gasteiger partial charge < -0.3 is 20.1 Å². The van der Waals surface area contributed by atoms with Gasteiger partial charge in [0.05, 0.1) is 15.9 Å². The first-order valence-corrected chi connectivity index (χ1v) is 6.22. The normalized spacial score (nSPS) is 10.6. The van der Waals surface area contributed by atoms with Crippen LogP contribution in [0.2, 0.25) is 5.02 Å². The van der Waals surface area contributed by atoms with Gasteiger partial charge in [-0.25, -0.2) is 0 Å². The van der Waals surface area contributed by atoms with E-state index in [1.54, 1.807) is 12.1 Å². The minimum absolute atomic E-state index is 0.154. The summed E-state index contributed by atoms with van der Waals surface area (Å²) in [6.07, 6.45) is 0. The van der Waals surface area contributed by atoms with Gasteiger partial charge in [0.1, 0.15) is 17.9 Å². The maximum Gasteiger partial charge on any atom is 0.322 e. The van der Waals surface area contributed by atoms with Gasteiger partial charge in [-0.1, -0.05) is 17.7 Å². The summed E-state index contributed by atoms with van der Waals surface area (Å²) in [6.45, 7) is -0.665. The van der Waals surface area contributed by atoms with E-state index in [1.165, 1.54) is 13.1 Å². The second-order valence-electron chi connectivity index (χ2n) is 4.30. The van der Waals surface area contributed by atoms with Gasteiger partial charge in [-0.05, 0) is 12.1 Å². The van der Waals surface area contributed by atoms with E-state index >= 15 is 0 Å². The number of amides is 1. The third kappa shape index (κ3) is 2.55. The number of carbonyl (C=O) groups is 2. The summed E-state index contributed by atoms with van der Waals surface area (Å²) in [5.41, 5.74) is -0.927. The van der Waals surface area contributed by atoms with Crippen LogP contribution in [0.3, 0.4) is 0 Å². The van der Waals surface area contributed by atoms with E-state index in [0.717, 1.165) is 4.57 Å². The summed E-state index contributed by atoms with van der Waals surface area (Å²) in [6, 6.07) is 4.68. The van der Waals surface area contributed by atoms with Gasteiger partial charge in [-0.3, -0.25) is 14.4 Å². The van der Waals surface area contributed by atoms with Crippen molar-refractivity contribution < 1.29 is 19.8 Å². The lowest BCUT2D eigenvalue weighted by Crippen LogP contribution is -2.35. The molecule has 0 saturated heterocycles. The van der Waals surface area contributed by atoms with Gasteiger partial charge in [0.25, 0.3) is 11.5 Å². The van der Waals surface area contributed by atoms with E-state index in [4.69, 9.17) is 16.7 Å². The second kappa shape index (κ2) is 5.45. The third-order valence-corrected chi connectivity index (χ3v) is 3.29. The predicted octanol–water partition coefficient (Wildman–Crippen LogP) is 0.712. The van der Waals surface area contributed by atoms with E-state index in [-0.39, 0.29) is 10.4 Å². The molecule has 2 rings (SSSR count). The Bertz CT molecular complexity index is 812. The van der Waals surface area contributed by atoms with Crippen molar-refractivity contribution in [3.8, 4) is 5.75 Å². The lowest BCUT2D eigenvalue weighted by atomic mass is 10.1. The number of halogens is 1. The van der Waals surface area contributed by atoms with Crippen LogP contribution in [-0.2, 0) is 11.8 Å². The maximum atomic E-state index is 12.2. The molecule has 8 heteroatoms. The van der Waals surface area contributed by atoms with Crippen LogP contribution in [0.1, 0.15) is 10.4 Å². The Balaban J connectivity index is 2.70. The quantitative estimate of drug-likeness (QED) is 0.773. The number of fused-ring (bicyclic) bond motifs is 1. The molecular weight excluding hydrogens is 300 g/mol. The number of carbonyl (C=O) groups excluding carboxylic acids is 1. The zero-order valence-corrected chi connectivity index (χ0v) is 11.6. The molecule has 1 amide bonds. The molecule has 0 unspecified atom stereocenters. The van der Waals surface area contributed by atoms with Crippen molar-refractivity contribution in [2.75, 3.05) is 6.54 Å². The Morgan fingerprint density at radius 2 is 2.05 bits per heavy atom. The molecule has 3 N–H and O–H groups in total. The van der Waals surface area contributed by atoms with Crippen molar-refractivity contribution >= 4 is 34.4 Å². The number of rotatable bonds is 3. The number of hydrogen-bond donors (Lipinski definition) is 3. The number of aliphatic carboxylic acids is 1. The molecule has 1 heterocycles. The number of aromatic nitrogens is 1. The van der Waals surface area contributed by atoms with Crippen molar-refractivity contribution in [2.45, 2.75) is 0 Å². The summed E-state index contributed by atoms with van der Waals surface area (Å²) in [5.74, 6) is -2.81. The Labute approximate surface area is 123 Å². The molecule has 2 aromatic rings. The van der Waals surface area contributed by atoms with Crippen molar-refractivity contribution in [3.63, 3.8) is 0 Å². The summed E-state index contributed by atoms with van der Waals surface area (Å²) in [4.78, 5) is 34.5. The van der Waals surface area contributed by atoms with E-state index in [0.29, 0.717) is 5.52 Å². The molecule has 0 saturated carbocycles. The van der Waals surface area contributed by atoms with E-state index in [9.17, 15) is 19.5 Å². The first kappa shape index (κ1) is 14.9. The lowest BCUT2D eigenvalue weighted by molar-refractivity contribution is -0.135. The van der Waals surface area contributed by atoms with Crippen LogP contribution >= 0.6 is 11.6 Å². The first-order valence-electron chi connectivity index (χ1n) is 5.84. The average molecular weight is 311 g/mol. The van der Waals surface area contributed by atoms with Crippen LogP contribution in [0.15, 0.2) is 23.0 Å². The molecule has 0 aliphatic rings. The van der Waals surface area contributed by atoms with Crippen LogP contribution in [0.25, 0.3) is 10.9 Å². The summed E-state index contributed by atoms with van der Waals surface area (Å²) < 4.78 is 1.16. The van der Waals surface area contributed by atoms with E-state index < -0.39 is 35.3 Å². The molecule has 7 nitrogen and oxygen atoms in total. The molecule has 0 radical (unpaired) electrons. The third-order valence-electron chi connectivity index (χ3n) is 2.97. The van der Waals surface area contributed by atoms with Crippen molar-refractivity contribution in [1.29, 1.82) is 0 Å². The second-order valence-corrected chi connectivity index (χ2v) is 4.71. The van der Waals surface area contributed by atoms with E-state index in [2.05, 4.69) is 0 Å². The molecule has 1 aromatic carbocycles. The Hall–Kier alpha value is -2.54. The summed E-state index contributed by atoms with van der Waals surface area (Å²) >= 11 is 5.99. The van der Waals surface area contributed by atoms with Gasteiger partial charge in [0.2, 0.25) is 0 Å². The molecule has 0 atom stereocenters. The number of aromatic hydroxyl groups is 1. The zero-order valence-electron chi connectivity index (χ0n) is 10.9. The van der Waals surface area contributed by atoms with Crippen LogP contribution in [0, 0.1) is 0 Å². The van der Waals surface area contributed by atoms with Gasteiger partial charge >= 0.3 is 5.97 Å². The summed E-state index contributed by atoms with van der Waals surface area (Å²) in [7, 11) is 1.43. The van der Waals surface area contributed by atoms with Gasteiger partial charge in [0, 0.05) is 7.05 Å². The SMILES string of the molecule is Cn1c(=O)c(C(=O)NCC(=O)O)c(O)c2c(Cl)cccc21. The smallest absolute Gasteiger partial charge is 0.322 e. The zero-order chi connectivity index (χ0) is 15.7. The largest absolute Gasteiger partial charge is 0.506 e. The predicted molar refractivity (Wildman–Crippen MR) is 75.8 cm³/mol. The highest BCUT2D eigenvalue weighted by atomic mass is 35.5. The number of benzene rings is 1. The molecular formula is C13H11ClN2O5. The van der Waals surface area contributed by atoms with Crippen molar-refractivity contribution in [1.82, 2.24) is 9.88 Å². The van der Waals surface area contributed by atoms with Crippen molar-refractivity contribution in [2.24, 2.45) is 7.05 Å². The van der Waals surface area contributed by atoms with Crippen LogP contribution in [-0.4, -0.2) is 33.2 Å². The highest BCUT2D eigenvalue weighted by molar-refractivity contribution is 6.36. The number of carboxylic acid groups (broad SMARTS) is 1. The number of aryl methyl sites for hydroxylation is 1. The first-order chi connectivity index (χ1) is 9.84. The van der Waals surface area contributed by atoms with Gasteiger partial charge in [-0.15, -0.1) is 0 Å². The highest BCUT2D eigenvalue weighted by Gasteiger charge is 2.22. The number of nitrogens with zero attached hydrogens (tertiary/aromatic N) is 1. The Morgan fingerprint density at radius 3 is 2.67 bits per heavy atom. The number of carboxylic acids is 1. The number of hydrogen-bond acceptors (Lipinski definition) is 4. The maximum absolute atomic E-state index is 12.2.